The average molecular weight is 318 g/mol. The maximum atomic E-state index is 13.2. The predicted octanol–water partition coefficient (Wildman–Crippen LogP) is 3.30. The van der Waals surface area contributed by atoms with Gasteiger partial charge in [-0.25, -0.2) is 4.39 Å². The highest BCUT2D eigenvalue weighted by Gasteiger charge is 2.55. The molecule has 2 N–H and O–H groups in total. The van der Waals surface area contributed by atoms with Crippen LogP contribution in [0.3, 0.4) is 0 Å². The number of aliphatic hydroxyl groups excluding tert-OH is 1. The third-order valence-corrected chi connectivity index (χ3v) is 3.62. The number of halogens is 4. The second kappa shape index (κ2) is 6.27. The molecule has 1 atom stereocenters. The van der Waals surface area contributed by atoms with Gasteiger partial charge >= 0.3 is 6.18 Å². The Kier molecular flexibility index (Phi) is 5.26. The largest absolute Gasteiger partial charge is 0.418 e. The lowest BCUT2D eigenvalue weighted by atomic mass is 9.72. The van der Waals surface area contributed by atoms with Gasteiger partial charge in [0.05, 0.1) is 6.61 Å². The van der Waals surface area contributed by atoms with Gasteiger partial charge in [0.2, 0.25) is 0 Å². The van der Waals surface area contributed by atoms with Gasteiger partial charge in [-0.15, -0.1) is 12.3 Å². The van der Waals surface area contributed by atoms with Crippen molar-refractivity contribution in [2.75, 3.05) is 0 Å². The molecule has 0 amide bonds. The normalized spacial score (nSPS) is 15.2. The number of hydrogen-bond donors (Lipinski definition) is 2. The summed E-state index contributed by atoms with van der Waals surface area (Å²) in [5, 5.41) is 19.2. The summed E-state index contributed by atoms with van der Waals surface area (Å²) in [6.45, 7) is 2.44. The van der Waals surface area contributed by atoms with Gasteiger partial charge in [0.25, 0.3) is 0 Å². The van der Waals surface area contributed by atoms with Crippen molar-refractivity contribution in [2.24, 2.45) is 0 Å². The van der Waals surface area contributed by atoms with E-state index in [2.05, 4.69) is 0 Å². The number of terminal acetylenes is 1. The van der Waals surface area contributed by atoms with Crippen LogP contribution in [0.15, 0.2) is 18.2 Å². The highest BCUT2D eigenvalue weighted by Crippen LogP contribution is 2.43. The number of rotatable bonds is 5. The first-order chi connectivity index (χ1) is 9.97. The Hall–Kier alpha value is -1.58. The van der Waals surface area contributed by atoms with Crippen molar-refractivity contribution < 1.29 is 27.8 Å². The molecule has 0 aliphatic rings. The molecule has 0 saturated carbocycles. The van der Waals surface area contributed by atoms with Crippen LogP contribution in [0.25, 0.3) is 0 Å². The fourth-order valence-electron chi connectivity index (χ4n) is 2.61. The molecule has 6 heteroatoms. The van der Waals surface area contributed by atoms with Crippen LogP contribution in [-0.2, 0) is 12.0 Å². The van der Waals surface area contributed by atoms with Crippen LogP contribution in [-0.4, -0.2) is 22.0 Å². The molecule has 22 heavy (non-hydrogen) atoms. The molecule has 0 aliphatic carbocycles. The predicted molar refractivity (Wildman–Crippen MR) is 74.4 cm³/mol. The number of benzene rings is 1. The summed E-state index contributed by atoms with van der Waals surface area (Å²) in [7, 11) is 0. The second-order valence-electron chi connectivity index (χ2n) is 5.93. The molecule has 0 bridgehead atoms. The lowest BCUT2D eigenvalue weighted by Gasteiger charge is -2.37. The topological polar surface area (TPSA) is 40.5 Å². The molecule has 0 fully saturated rings. The van der Waals surface area contributed by atoms with Gasteiger partial charge in [0.1, 0.15) is 5.82 Å². The van der Waals surface area contributed by atoms with Crippen molar-refractivity contribution in [3.05, 3.63) is 35.1 Å². The molecular weight excluding hydrogens is 300 g/mol. The molecule has 1 aromatic carbocycles. The van der Waals surface area contributed by atoms with Gasteiger partial charge in [-0.2, -0.15) is 13.2 Å². The Morgan fingerprint density at radius 3 is 2.27 bits per heavy atom. The van der Waals surface area contributed by atoms with Gasteiger partial charge in [-0.3, -0.25) is 0 Å². The minimum Gasteiger partial charge on any atom is -0.392 e. The van der Waals surface area contributed by atoms with Crippen molar-refractivity contribution in [3.63, 3.8) is 0 Å². The molecule has 0 heterocycles. The average Bonchev–Trinajstić information content (AvgIpc) is 2.36. The Balaban J connectivity index is 3.27. The van der Waals surface area contributed by atoms with Gasteiger partial charge < -0.3 is 10.2 Å². The Labute approximate surface area is 126 Å². The summed E-state index contributed by atoms with van der Waals surface area (Å²) in [4.78, 5) is 0. The third kappa shape index (κ3) is 3.79. The summed E-state index contributed by atoms with van der Waals surface area (Å²) < 4.78 is 52.6. The minimum atomic E-state index is -4.89. The van der Waals surface area contributed by atoms with Gasteiger partial charge in [-0.1, -0.05) is 19.9 Å². The van der Waals surface area contributed by atoms with E-state index < -0.39 is 42.5 Å². The molecule has 0 radical (unpaired) electrons. The molecule has 0 aliphatic heterocycles. The van der Waals surface area contributed by atoms with E-state index in [1.807, 2.05) is 5.92 Å². The smallest absolute Gasteiger partial charge is 0.392 e. The van der Waals surface area contributed by atoms with Crippen LogP contribution in [0.5, 0.6) is 0 Å². The van der Waals surface area contributed by atoms with Crippen LogP contribution >= 0.6 is 0 Å². The fourth-order valence-corrected chi connectivity index (χ4v) is 2.61. The number of aliphatic hydroxyl groups is 2. The van der Waals surface area contributed by atoms with Crippen LogP contribution in [0.2, 0.25) is 0 Å². The summed E-state index contributed by atoms with van der Waals surface area (Å²) in [5.41, 5.74) is -3.72. The lowest BCUT2D eigenvalue weighted by molar-refractivity contribution is -0.264. The maximum Gasteiger partial charge on any atom is 0.418 e. The van der Waals surface area contributed by atoms with E-state index in [1.54, 1.807) is 0 Å². The first kappa shape index (κ1) is 18.5. The van der Waals surface area contributed by atoms with E-state index in [9.17, 15) is 27.8 Å². The molecule has 0 saturated heterocycles. The van der Waals surface area contributed by atoms with Crippen LogP contribution < -0.4 is 0 Å². The minimum absolute atomic E-state index is 0.176. The van der Waals surface area contributed by atoms with Crippen molar-refractivity contribution >= 4 is 0 Å². The van der Waals surface area contributed by atoms with Crippen LogP contribution in [0.4, 0.5) is 17.6 Å². The summed E-state index contributed by atoms with van der Waals surface area (Å²) >= 11 is 0. The summed E-state index contributed by atoms with van der Waals surface area (Å²) in [6, 6.07) is 3.47. The molecule has 2 nitrogen and oxygen atoms in total. The quantitative estimate of drug-likeness (QED) is 0.646. The highest BCUT2D eigenvalue weighted by atomic mass is 19.4. The van der Waals surface area contributed by atoms with Gasteiger partial charge in [0.15, 0.2) is 5.60 Å². The Morgan fingerprint density at radius 2 is 1.82 bits per heavy atom. The first-order valence-corrected chi connectivity index (χ1v) is 6.59. The number of hydrogen-bond acceptors (Lipinski definition) is 2. The van der Waals surface area contributed by atoms with Crippen molar-refractivity contribution in [2.45, 2.75) is 50.5 Å². The zero-order valence-corrected chi connectivity index (χ0v) is 12.3. The summed E-state index contributed by atoms with van der Waals surface area (Å²) in [5.74, 6) is 1.25. The third-order valence-electron chi connectivity index (χ3n) is 3.62. The molecular formula is C16H18F4O2. The monoisotopic (exact) mass is 318 g/mol. The summed E-state index contributed by atoms with van der Waals surface area (Å²) in [6.07, 6.45) is -1.53. The molecule has 0 unspecified atom stereocenters. The van der Waals surface area contributed by atoms with Crippen LogP contribution in [0.1, 0.15) is 37.8 Å². The SMILES string of the molecule is C#CC[C@@](O)(CC(C)(C)c1ccc(F)cc1CO)C(F)(F)F. The van der Waals surface area contributed by atoms with E-state index >= 15 is 0 Å². The van der Waals surface area contributed by atoms with Crippen LogP contribution in [0, 0.1) is 18.2 Å². The second-order valence-corrected chi connectivity index (χ2v) is 5.93. The molecule has 1 rings (SSSR count). The van der Waals surface area contributed by atoms with E-state index in [0.717, 1.165) is 12.1 Å². The van der Waals surface area contributed by atoms with Crippen molar-refractivity contribution in [3.8, 4) is 12.3 Å². The standard InChI is InChI=1S/C16H18F4O2/c1-4-7-15(22,16(18,19)20)10-14(2,3)13-6-5-12(17)8-11(13)9-21/h1,5-6,8,21-22H,7,9-10H2,2-3H3/t15-/m1/s1. The van der Waals surface area contributed by atoms with Crippen molar-refractivity contribution in [1.82, 2.24) is 0 Å². The van der Waals surface area contributed by atoms with E-state index in [-0.39, 0.29) is 5.56 Å². The van der Waals surface area contributed by atoms with Gasteiger partial charge in [0, 0.05) is 6.42 Å². The van der Waals surface area contributed by atoms with E-state index in [1.165, 1.54) is 19.9 Å². The van der Waals surface area contributed by atoms with E-state index in [4.69, 9.17) is 6.42 Å². The zero-order valence-electron chi connectivity index (χ0n) is 12.3. The van der Waals surface area contributed by atoms with Gasteiger partial charge in [-0.05, 0) is 35.1 Å². The lowest BCUT2D eigenvalue weighted by Crippen LogP contribution is -2.49. The molecule has 0 spiro atoms. The van der Waals surface area contributed by atoms with Crippen molar-refractivity contribution in [1.29, 1.82) is 0 Å². The van der Waals surface area contributed by atoms with E-state index in [0.29, 0.717) is 5.56 Å². The highest BCUT2D eigenvalue weighted by molar-refractivity contribution is 5.34. The number of alkyl halides is 3. The molecule has 122 valence electrons. The fraction of sp³-hybridized carbons (Fsp3) is 0.500. The first-order valence-electron chi connectivity index (χ1n) is 6.59. The molecule has 0 aromatic heterocycles. The zero-order chi connectivity index (χ0) is 17.2. The Bertz CT molecular complexity index is 572. The maximum absolute atomic E-state index is 13.2. The Morgan fingerprint density at radius 1 is 1.23 bits per heavy atom. The molecule has 1 aromatic rings.